The van der Waals surface area contributed by atoms with Crippen LogP contribution in [0.25, 0.3) is 0 Å². The molecule has 0 amide bonds. The maximum Gasteiger partial charge on any atom is 0.358 e. The van der Waals surface area contributed by atoms with Crippen LogP contribution in [0.2, 0.25) is 0 Å². The summed E-state index contributed by atoms with van der Waals surface area (Å²) in [5.41, 5.74) is 0.231. The zero-order valence-corrected chi connectivity index (χ0v) is 11.0. The molecule has 0 saturated heterocycles. The second kappa shape index (κ2) is 7.15. The van der Waals surface area contributed by atoms with E-state index in [-0.39, 0.29) is 12.1 Å². The first-order valence-electron chi connectivity index (χ1n) is 5.39. The molecule has 0 atom stereocenters. The van der Waals surface area contributed by atoms with Gasteiger partial charge in [-0.3, -0.25) is 0 Å². The minimum atomic E-state index is -1.68. The van der Waals surface area contributed by atoms with Crippen molar-refractivity contribution in [1.29, 1.82) is 0 Å². The van der Waals surface area contributed by atoms with Crippen molar-refractivity contribution in [2.45, 2.75) is 18.5 Å². The van der Waals surface area contributed by atoms with Crippen molar-refractivity contribution < 1.29 is 18.3 Å². The molecule has 1 rings (SSSR count). The van der Waals surface area contributed by atoms with Crippen molar-refractivity contribution in [3.8, 4) is 0 Å². The molecule has 1 heterocycles. The molecule has 4 nitrogen and oxygen atoms in total. The van der Waals surface area contributed by atoms with Gasteiger partial charge in [0, 0.05) is 19.0 Å². The molecule has 0 saturated carbocycles. The van der Waals surface area contributed by atoms with Crippen LogP contribution in [0.3, 0.4) is 0 Å². The predicted octanol–water partition coefficient (Wildman–Crippen LogP) is 2.86. The van der Waals surface area contributed by atoms with E-state index in [4.69, 9.17) is 4.74 Å². The summed E-state index contributed by atoms with van der Waals surface area (Å²) in [4.78, 5) is 15.5. The number of ether oxygens (including phenoxy) is 1. The number of halogens is 2. The third-order valence-electron chi connectivity index (χ3n) is 1.97. The molecule has 0 spiro atoms. The van der Waals surface area contributed by atoms with Gasteiger partial charge in [0.2, 0.25) is 0 Å². The Balaban J connectivity index is 2.56. The van der Waals surface area contributed by atoms with E-state index < -0.39 is 12.0 Å². The van der Waals surface area contributed by atoms with E-state index in [9.17, 15) is 13.6 Å². The monoisotopic (exact) mass is 276 g/mol. The molecule has 0 unspecified atom stereocenters. The summed E-state index contributed by atoms with van der Waals surface area (Å²) in [7, 11) is 1.74. The van der Waals surface area contributed by atoms with E-state index in [1.165, 1.54) is 11.8 Å². The second-order valence-electron chi connectivity index (χ2n) is 3.37. The van der Waals surface area contributed by atoms with Crippen LogP contribution < -0.4 is 0 Å². The van der Waals surface area contributed by atoms with Crippen molar-refractivity contribution in [1.82, 2.24) is 9.55 Å². The van der Waals surface area contributed by atoms with Crippen molar-refractivity contribution in [3.63, 3.8) is 0 Å². The van der Waals surface area contributed by atoms with Gasteiger partial charge in [-0.15, -0.1) is 0 Å². The summed E-state index contributed by atoms with van der Waals surface area (Å²) in [6, 6.07) is 0. The van der Waals surface area contributed by atoms with E-state index in [1.807, 2.05) is 0 Å². The van der Waals surface area contributed by atoms with Gasteiger partial charge in [-0.2, -0.15) is 8.78 Å². The van der Waals surface area contributed by atoms with Crippen molar-refractivity contribution >= 4 is 17.7 Å². The summed E-state index contributed by atoms with van der Waals surface area (Å²) in [6.45, 7) is 2.01. The standard InChI is InChI=1S/C11H14F2N2O2S/c1-3-17-10(16)8-7-15(2)11(14-8)18-6-4-5-9(12)13/h5,7H,3-4,6H2,1-2H3. The van der Waals surface area contributed by atoms with Gasteiger partial charge < -0.3 is 9.30 Å². The molecule has 1 aromatic rings. The fourth-order valence-electron chi connectivity index (χ4n) is 1.21. The van der Waals surface area contributed by atoms with Gasteiger partial charge in [0.05, 0.1) is 6.61 Å². The van der Waals surface area contributed by atoms with E-state index in [1.54, 1.807) is 24.7 Å². The lowest BCUT2D eigenvalue weighted by Gasteiger charge is -1.98. The van der Waals surface area contributed by atoms with Crippen LogP contribution in [-0.4, -0.2) is 27.9 Å². The highest BCUT2D eigenvalue weighted by molar-refractivity contribution is 7.99. The van der Waals surface area contributed by atoms with Gasteiger partial charge in [0.25, 0.3) is 6.08 Å². The number of nitrogens with zero attached hydrogens (tertiary/aromatic N) is 2. The molecule has 0 N–H and O–H groups in total. The third kappa shape index (κ3) is 4.48. The minimum absolute atomic E-state index is 0.231. The molecular weight excluding hydrogens is 262 g/mol. The average Bonchev–Trinajstić information content (AvgIpc) is 2.67. The van der Waals surface area contributed by atoms with Gasteiger partial charge in [-0.25, -0.2) is 9.78 Å². The SMILES string of the molecule is CCOC(=O)c1cn(C)c(SCCC=C(F)F)n1. The first kappa shape index (κ1) is 14.7. The molecule has 0 aliphatic carbocycles. The lowest BCUT2D eigenvalue weighted by atomic mass is 10.5. The van der Waals surface area contributed by atoms with E-state index in [0.717, 1.165) is 6.08 Å². The number of rotatable bonds is 6. The minimum Gasteiger partial charge on any atom is -0.461 e. The van der Waals surface area contributed by atoms with Gasteiger partial charge in [0.1, 0.15) is 0 Å². The first-order chi connectivity index (χ1) is 8.54. The van der Waals surface area contributed by atoms with Crippen LogP contribution in [0.4, 0.5) is 8.78 Å². The van der Waals surface area contributed by atoms with Crippen LogP contribution in [0.5, 0.6) is 0 Å². The Morgan fingerprint density at radius 2 is 2.33 bits per heavy atom. The summed E-state index contributed by atoms with van der Waals surface area (Å²) >= 11 is 1.31. The highest BCUT2D eigenvalue weighted by atomic mass is 32.2. The number of thioether (sulfide) groups is 1. The molecule has 0 aliphatic heterocycles. The Morgan fingerprint density at radius 3 is 2.94 bits per heavy atom. The normalized spacial score (nSPS) is 10.2. The van der Waals surface area contributed by atoms with E-state index in [2.05, 4.69) is 4.98 Å². The molecule has 0 radical (unpaired) electrons. The molecule has 0 aliphatic rings. The van der Waals surface area contributed by atoms with Crippen LogP contribution in [0.15, 0.2) is 23.5 Å². The van der Waals surface area contributed by atoms with Gasteiger partial charge in [0.15, 0.2) is 10.9 Å². The third-order valence-corrected chi connectivity index (χ3v) is 3.04. The Hall–Kier alpha value is -1.37. The number of allylic oxidation sites excluding steroid dienone is 1. The molecule has 18 heavy (non-hydrogen) atoms. The maximum absolute atomic E-state index is 11.8. The van der Waals surface area contributed by atoms with E-state index >= 15 is 0 Å². The van der Waals surface area contributed by atoms with Gasteiger partial charge in [-0.1, -0.05) is 11.8 Å². The van der Waals surface area contributed by atoms with Crippen LogP contribution in [0.1, 0.15) is 23.8 Å². The fourth-order valence-corrected chi connectivity index (χ4v) is 2.04. The van der Waals surface area contributed by atoms with E-state index in [0.29, 0.717) is 17.5 Å². The Kier molecular flexibility index (Phi) is 5.84. The van der Waals surface area contributed by atoms with Crippen molar-refractivity contribution in [2.75, 3.05) is 12.4 Å². The molecule has 7 heteroatoms. The number of carbonyl (C=O) groups is 1. The molecule has 0 bridgehead atoms. The summed E-state index contributed by atoms with van der Waals surface area (Å²) in [5.74, 6) is -0.000532. The van der Waals surface area contributed by atoms with Crippen LogP contribution in [-0.2, 0) is 11.8 Å². The zero-order valence-electron chi connectivity index (χ0n) is 10.2. The van der Waals surface area contributed by atoms with Gasteiger partial charge in [-0.05, 0) is 19.4 Å². The number of hydrogen-bond donors (Lipinski definition) is 0. The zero-order chi connectivity index (χ0) is 13.5. The first-order valence-corrected chi connectivity index (χ1v) is 6.37. The quantitative estimate of drug-likeness (QED) is 0.455. The number of aromatic nitrogens is 2. The van der Waals surface area contributed by atoms with Gasteiger partial charge >= 0.3 is 5.97 Å². The molecule has 0 fully saturated rings. The predicted molar refractivity (Wildman–Crippen MR) is 64.8 cm³/mol. The number of aryl methyl sites for hydroxylation is 1. The number of hydrogen-bond acceptors (Lipinski definition) is 4. The Morgan fingerprint density at radius 1 is 1.61 bits per heavy atom. The Bertz CT molecular complexity index is 442. The fraction of sp³-hybridized carbons (Fsp3) is 0.455. The Labute approximate surface area is 108 Å². The average molecular weight is 276 g/mol. The molecule has 0 aromatic carbocycles. The molecular formula is C11H14F2N2O2S. The lowest BCUT2D eigenvalue weighted by molar-refractivity contribution is 0.0519. The van der Waals surface area contributed by atoms with Crippen LogP contribution >= 0.6 is 11.8 Å². The summed E-state index contributed by atoms with van der Waals surface area (Å²) < 4.78 is 30.1. The summed E-state index contributed by atoms with van der Waals surface area (Å²) in [5, 5.41) is 0.603. The van der Waals surface area contributed by atoms with Crippen molar-refractivity contribution in [2.24, 2.45) is 7.05 Å². The highest BCUT2D eigenvalue weighted by Crippen LogP contribution is 2.18. The highest BCUT2D eigenvalue weighted by Gasteiger charge is 2.13. The smallest absolute Gasteiger partial charge is 0.358 e. The topological polar surface area (TPSA) is 44.1 Å². The number of carbonyl (C=O) groups excluding carboxylic acids is 1. The number of imidazole rings is 1. The molecule has 100 valence electrons. The summed E-state index contributed by atoms with van der Waals surface area (Å²) in [6.07, 6.45) is 1.01. The largest absolute Gasteiger partial charge is 0.461 e. The molecule has 1 aromatic heterocycles. The number of esters is 1. The van der Waals surface area contributed by atoms with Crippen LogP contribution in [0, 0.1) is 0 Å². The maximum atomic E-state index is 11.8. The second-order valence-corrected chi connectivity index (χ2v) is 4.43. The lowest BCUT2D eigenvalue weighted by Crippen LogP contribution is -2.04. The van der Waals surface area contributed by atoms with Crippen molar-refractivity contribution in [3.05, 3.63) is 24.0 Å².